The molecule has 3 atom stereocenters. The van der Waals surface area contributed by atoms with Crippen LogP contribution in [0.2, 0.25) is 0 Å². The molecular weight excluding hydrogens is 281 g/mol. The molecule has 2 rings (SSSR count). The number of rotatable bonds is 3. The molecule has 1 aliphatic rings. The molecule has 6 heteroatoms. The number of amides is 1. The number of likely N-dealkylation sites (N-methyl/N-ethyl adjacent to an activating group) is 1. The summed E-state index contributed by atoms with van der Waals surface area (Å²) in [7, 11) is 1.60. The zero-order valence-electron chi connectivity index (χ0n) is 12.0. The van der Waals surface area contributed by atoms with E-state index in [9.17, 15) is 18.0 Å². The molecule has 21 heavy (non-hydrogen) atoms. The molecule has 0 aliphatic carbocycles. The first-order chi connectivity index (χ1) is 9.83. The Kier molecular flexibility index (Phi) is 4.56. The normalized spacial score (nSPS) is 27.0. The van der Waals surface area contributed by atoms with Crippen molar-refractivity contribution in [1.29, 1.82) is 0 Å². The Bertz CT molecular complexity index is 489. The molecule has 0 spiro atoms. The molecule has 3 nitrogen and oxygen atoms in total. The van der Waals surface area contributed by atoms with Crippen LogP contribution in [0.3, 0.4) is 0 Å². The number of carbonyl (C=O) groups excluding carboxylic acids is 1. The fourth-order valence-corrected chi connectivity index (χ4v) is 2.94. The average Bonchev–Trinajstić information content (AvgIpc) is 2.44. The number of nitrogens with zero attached hydrogens (tertiary/aromatic N) is 1. The lowest BCUT2D eigenvalue weighted by Crippen LogP contribution is -2.58. The third kappa shape index (κ3) is 3.56. The second kappa shape index (κ2) is 6.05. The first-order valence-electron chi connectivity index (χ1n) is 6.93. The van der Waals surface area contributed by atoms with Crippen molar-refractivity contribution in [1.82, 2.24) is 10.2 Å². The van der Waals surface area contributed by atoms with E-state index >= 15 is 0 Å². The highest BCUT2D eigenvalue weighted by molar-refractivity contribution is 5.83. The van der Waals surface area contributed by atoms with Crippen LogP contribution in [0.25, 0.3) is 0 Å². The van der Waals surface area contributed by atoms with Gasteiger partial charge in [0.2, 0.25) is 5.91 Å². The highest BCUT2D eigenvalue weighted by Gasteiger charge is 2.44. The van der Waals surface area contributed by atoms with Gasteiger partial charge >= 0.3 is 6.18 Å². The van der Waals surface area contributed by atoms with Crippen molar-refractivity contribution in [2.24, 2.45) is 0 Å². The Hall–Kier alpha value is -1.56. The summed E-state index contributed by atoms with van der Waals surface area (Å²) in [5.41, 5.74) is 0.963. The maximum Gasteiger partial charge on any atom is 0.406 e. The molecule has 1 fully saturated rings. The minimum atomic E-state index is -4.39. The molecule has 1 amide bonds. The first kappa shape index (κ1) is 15.8. The Balaban J connectivity index is 2.29. The highest BCUT2D eigenvalue weighted by atomic mass is 19.4. The van der Waals surface area contributed by atoms with Crippen LogP contribution in [0.4, 0.5) is 13.2 Å². The Morgan fingerprint density at radius 1 is 1.29 bits per heavy atom. The lowest BCUT2D eigenvalue weighted by molar-refractivity contribution is -0.170. The summed E-state index contributed by atoms with van der Waals surface area (Å²) in [5, 5.41) is 2.83. The second-order valence-electron chi connectivity index (χ2n) is 5.42. The number of nitrogens with one attached hydrogen (secondary N) is 1. The van der Waals surface area contributed by atoms with Crippen LogP contribution in [-0.4, -0.2) is 42.7 Å². The molecule has 1 aromatic rings. The van der Waals surface area contributed by atoms with Gasteiger partial charge in [-0.1, -0.05) is 30.3 Å². The van der Waals surface area contributed by atoms with E-state index in [-0.39, 0.29) is 5.92 Å². The summed E-state index contributed by atoms with van der Waals surface area (Å²) in [6, 6.07) is 8.33. The van der Waals surface area contributed by atoms with Crippen LogP contribution < -0.4 is 5.32 Å². The number of hydrogen-bond acceptors (Lipinski definition) is 2. The van der Waals surface area contributed by atoms with Crippen LogP contribution in [-0.2, 0) is 4.79 Å². The van der Waals surface area contributed by atoms with Gasteiger partial charge in [-0.15, -0.1) is 0 Å². The Morgan fingerprint density at radius 2 is 1.90 bits per heavy atom. The number of alkyl halides is 3. The lowest BCUT2D eigenvalue weighted by atomic mass is 9.82. The van der Waals surface area contributed by atoms with E-state index in [1.54, 1.807) is 14.0 Å². The predicted octanol–water partition coefficient (Wildman–Crippen LogP) is 2.54. The molecule has 0 aromatic heterocycles. The number of halogens is 3. The fraction of sp³-hybridized carbons (Fsp3) is 0.533. The van der Waals surface area contributed by atoms with Gasteiger partial charge in [-0.05, 0) is 26.0 Å². The maximum atomic E-state index is 12.7. The summed E-state index contributed by atoms with van der Waals surface area (Å²) in [4.78, 5) is 13.1. The summed E-state index contributed by atoms with van der Waals surface area (Å²) in [6.07, 6.45) is -3.88. The molecule has 0 saturated carbocycles. The average molecular weight is 300 g/mol. The molecule has 1 saturated heterocycles. The number of benzene rings is 1. The van der Waals surface area contributed by atoms with Crippen molar-refractivity contribution >= 4 is 5.91 Å². The molecule has 1 N–H and O–H groups in total. The minimum Gasteiger partial charge on any atom is -0.329 e. The summed E-state index contributed by atoms with van der Waals surface area (Å²) >= 11 is 0. The smallest absolute Gasteiger partial charge is 0.329 e. The first-order valence-corrected chi connectivity index (χ1v) is 6.93. The zero-order valence-corrected chi connectivity index (χ0v) is 12.0. The molecule has 3 unspecified atom stereocenters. The third-order valence-corrected chi connectivity index (χ3v) is 4.07. The van der Waals surface area contributed by atoms with Crippen LogP contribution >= 0.6 is 0 Å². The van der Waals surface area contributed by atoms with Crippen molar-refractivity contribution in [3.05, 3.63) is 35.9 Å². The van der Waals surface area contributed by atoms with Crippen molar-refractivity contribution in [2.45, 2.75) is 37.5 Å². The van der Waals surface area contributed by atoms with E-state index in [1.165, 1.54) is 0 Å². The van der Waals surface area contributed by atoms with Crippen molar-refractivity contribution in [3.63, 3.8) is 0 Å². The molecule has 0 bridgehead atoms. The quantitative estimate of drug-likeness (QED) is 0.930. The largest absolute Gasteiger partial charge is 0.406 e. The van der Waals surface area contributed by atoms with E-state index in [4.69, 9.17) is 0 Å². The van der Waals surface area contributed by atoms with Gasteiger partial charge in [0.15, 0.2) is 0 Å². The summed E-state index contributed by atoms with van der Waals surface area (Å²) < 4.78 is 38.2. The van der Waals surface area contributed by atoms with E-state index in [1.807, 2.05) is 30.3 Å². The van der Waals surface area contributed by atoms with E-state index in [2.05, 4.69) is 5.32 Å². The van der Waals surface area contributed by atoms with Crippen molar-refractivity contribution in [2.75, 3.05) is 13.6 Å². The minimum absolute atomic E-state index is 0.108. The molecule has 1 aromatic carbocycles. The monoisotopic (exact) mass is 300 g/mol. The van der Waals surface area contributed by atoms with E-state index < -0.39 is 30.7 Å². The van der Waals surface area contributed by atoms with Crippen molar-refractivity contribution in [3.8, 4) is 0 Å². The summed E-state index contributed by atoms with van der Waals surface area (Å²) in [5.74, 6) is -0.585. The van der Waals surface area contributed by atoms with Crippen LogP contribution in [0.1, 0.15) is 24.8 Å². The molecule has 1 heterocycles. The SMILES string of the molecule is CNC1CC(c2ccccc2)C(C)N(CC(F)(F)F)C1=O. The van der Waals surface area contributed by atoms with Gasteiger partial charge in [0.1, 0.15) is 6.54 Å². The molecule has 0 radical (unpaired) electrons. The van der Waals surface area contributed by atoms with Gasteiger partial charge in [-0.25, -0.2) is 0 Å². The van der Waals surface area contributed by atoms with Gasteiger partial charge < -0.3 is 10.2 Å². The second-order valence-corrected chi connectivity index (χ2v) is 5.42. The highest BCUT2D eigenvalue weighted by Crippen LogP contribution is 2.34. The Morgan fingerprint density at radius 3 is 2.43 bits per heavy atom. The topological polar surface area (TPSA) is 32.3 Å². The fourth-order valence-electron chi connectivity index (χ4n) is 2.94. The molecular formula is C15H19F3N2O. The van der Waals surface area contributed by atoms with Gasteiger partial charge in [0.25, 0.3) is 0 Å². The standard InChI is InChI=1S/C15H19F3N2O/c1-10-12(11-6-4-3-5-7-11)8-13(19-2)14(21)20(10)9-15(16,17)18/h3-7,10,12-13,19H,8-9H2,1-2H3. The van der Waals surface area contributed by atoms with Crippen LogP contribution in [0.5, 0.6) is 0 Å². The van der Waals surface area contributed by atoms with Gasteiger partial charge in [-0.3, -0.25) is 4.79 Å². The van der Waals surface area contributed by atoms with Crippen LogP contribution in [0, 0.1) is 0 Å². The molecule has 116 valence electrons. The number of piperidine rings is 1. The van der Waals surface area contributed by atoms with E-state index in [0.29, 0.717) is 6.42 Å². The van der Waals surface area contributed by atoms with Gasteiger partial charge in [-0.2, -0.15) is 13.2 Å². The Labute approximate surface area is 122 Å². The van der Waals surface area contributed by atoms with Crippen LogP contribution in [0.15, 0.2) is 30.3 Å². The maximum absolute atomic E-state index is 12.7. The third-order valence-electron chi connectivity index (χ3n) is 4.07. The van der Waals surface area contributed by atoms with Gasteiger partial charge in [0, 0.05) is 12.0 Å². The van der Waals surface area contributed by atoms with E-state index in [0.717, 1.165) is 10.5 Å². The number of hydrogen-bond donors (Lipinski definition) is 1. The lowest BCUT2D eigenvalue weighted by Gasteiger charge is -2.43. The molecule has 1 aliphatic heterocycles. The number of likely N-dealkylation sites (tertiary alicyclic amines) is 1. The predicted molar refractivity (Wildman–Crippen MR) is 73.9 cm³/mol. The zero-order chi connectivity index (χ0) is 15.6. The summed E-state index contributed by atoms with van der Waals surface area (Å²) in [6.45, 7) is 0.488. The van der Waals surface area contributed by atoms with Gasteiger partial charge in [0.05, 0.1) is 6.04 Å². The van der Waals surface area contributed by atoms with Crippen molar-refractivity contribution < 1.29 is 18.0 Å². The number of carbonyl (C=O) groups is 1.